The van der Waals surface area contributed by atoms with E-state index in [4.69, 9.17) is 11.6 Å². The lowest BCUT2D eigenvalue weighted by Crippen LogP contribution is -2.28. The monoisotopic (exact) mass is 428 g/mol. The van der Waals surface area contributed by atoms with Crippen molar-refractivity contribution in [3.8, 4) is 22.3 Å². The number of hydrogen-bond acceptors (Lipinski definition) is 0. The second kappa shape index (κ2) is 7.51. The molecule has 0 nitrogen and oxygen atoms in total. The van der Waals surface area contributed by atoms with Crippen molar-refractivity contribution in [2.24, 2.45) is 0 Å². The first kappa shape index (κ1) is 19.1. The summed E-state index contributed by atoms with van der Waals surface area (Å²) in [5, 5.41) is 0.766. The summed E-state index contributed by atoms with van der Waals surface area (Å²) in [5.41, 5.74) is 9.64. The van der Waals surface area contributed by atoms with Gasteiger partial charge < -0.3 is 0 Å². The van der Waals surface area contributed by atoms with E-state index in [0.29, 0.717) is 0 Å². The first-order chi connectivity index (χ1) is 15.8. The molecule has 0 N–H and O–H groups in total. The number of benzene rings is 5. The number of fused-ring (bicyclic) bond motifs is 3. The minimum atomic E-state index is -0.382. The summed E-state index contributed by atoms with van der Waals surface area (Å²) in [6.07, 6.45) is 0. The van der Waals surface area contributed by atoms with Gasteiger partial charge in [0.05, 0.1) is 5.41 Å². The fourth-order valence-corrected chi connectivity index (χ4v) is 5.45. The summed E-state index contributed by atoms with van der Waals surface area (Å²) in [6.45, 7) is 0. The quantitative estimate of drug-likeness (QED) is 0.265. The average Bonchev–Trinajstić information content (AvgIpc) is 3.16. The molecule has 1 heteroatoms. The Bertz CT molecular complexity index is 1400. The smallest absolute Gasteiger partial charge is 0.0713 e. The van der Waals surface area contributed by atoms with Crippen LogP contribution in [-0.4, -0.2) is 0 Å². The Morgan fingerprint density at radius 2 is 1.00 bits per heavy atom. The van der Waals surface area contributed by atoms with E-state index >= 15 is 0 Å². The lowest BCUT2D eigenvalue weighted by Gasteiger charge is -2.34. The molecule has 0 spiro atoms. The fourth-order valence-electron chi connectivity index (χ4n) is 5.28. The number of rotatable bonds is 3. The van der Waals surface area contributed by atoms with Crippen LogP contribution in [0.2, 0.25) is 5.02 Å². The van der Waals surface area contributed by atoms with Crippen molar-refractivity contribution < 1.29 is 0 Å². The highest BCUT2D eigenvalue weighted by Crippen LogP contribution is 2.56. The highest BCUT2D eigenvalue weighted by Gasteiger charge is 2.45. The lowest BCUT2D eigenvalue weighted by molar-refractivity contribution is 0.768. The third-order valence-corrected chi connectivity index (χ3v) is 6.87. The van der Waals surface area contributed by atoms with Gasteiger partial charge >= 0.3 is 0 Å². The largest absolute Gasteiger partial charge is 0.0843 e. The van der Waals surface area contributed by atoms with Gasteiger partial charge in [-0.3, -0.25) is 0 Å². The SMILES string of the molecule is Clc1ccc2c(c1)-c1ccccc1C2(c1ccccc1)c1ccc(-c2ccccc2)cc1. The Morgan fingerprint density at radius 3 is 1.75 bits per heavy atom. The van der Waals surface area contributed by atoms with E-state index in [1.807, 2.05) is 6.07 Å². The third kappa shape index (κ3) is 2.77. The Balaban J connectivity index is 1.66. The van der Waals surface area contributed by atoms with Gasteiger partial charge in [-0.1, -0.05) is 127 Å². The van der Waals surface area contributed by atoms with Crippen LogP contribution in [0.3, 0.4) is 0 Å². The zero-order chi connectivity index (χ0) is 21.5. The summed E-state index contributed by atoms with van der Waals surface area (Å²) < 4.78 is 0. The molecule has 0 radical (unpaired) electrons. The molecule has 5 aromatic carbocycles. The highest BCUT2D eigenvalue weighted by atomic mass is 35.5. The van der Waals surface area contributed by atoms with Crippen molar-refractivity contribution >= 4 is 11.6 Å². The molecule has 0 aromatic heterocycles. The van der Waals surface area contributed by atoms with Crippen LogP contribution >= 0.6 is 11.6 Å². The molecule has 0 aliphatic heterocycles. The van der Waals surface area contributed by atoms with Crippen LogP contribution in [0.1, 0.15) is 22.3 Å². The molecule has 5 aromatic rings. The van der Waals surface area contributed by atoms with Gasteiger partial charge in [0.15, 0.2) is 0 Å². The van der Waals surface area contributed by atoms with Gasteiger partial charge in [-0.15, -0.1) is 0 Å². The summed E-state index contributed by atoms with van der Waals surface area (Å²) in [5.74, 6) is 0. The van der Waals surface area contributed by atoms with Crippen LogP contribution < -0.4 is 0 Å². The topological polar surface area (TPSA) is 0 Å². The maximum absolute atomic E-state index is 6.46. The Kier molecular flexibility index (Phi) is 4.48. The molecule has 1 atom stereocenters. The van der Waals surface area contributed by atoms with E-state index in [0.717, 1.165) is 5.02 Å². The van der Waals surface area contributed by atoms with Gasteiger partial charge in [0.1, 0.15) is 0 Å². The molecular weight excluding hydrogens is 408 g/mol. The molecule has 6 rings (SSSR count). The molecule has 32 heavy (non-hydrogen) atoms. The molecule has 0 heterocycles. The van der Waals surface area contributed by atoms with Crippen molar-refractivity contribution in [1.29, 1.82) is 0 Å². The van der Waals surface area contributed by atoms with E-state index in [-0.39, 0.29) is 5.41 Å². The maximum Gasteiger partial charge on any atom is 0.0713 e. The Morgan fingerprint density at radius 1 is 0.438 bits per heavy atom. The molecule has 1 aliphatic carbocycles. The first-order valence-electron chi connectivity index (χ1n) is 10.9. The second-order valence-corrected chi connectivity index (χ2v) is 8.73. The molecule has 152 valence electrons. The predicted octanol–water partition coefficient (Wildman–Crippen LogP) is 8.37. The molecule has 0 saturated heterocycles. The van der Waals surface area contributed by atoms with Crippen LogP contribution in [0.15, 0.2) is 127 Å². The molecule has 1 aliphatic rings. The van der Waals surface area contributed by atoms with Gasteiger partial charge in [0, 0.05) is 5.02 Å². The molecule has 0 amide bonds. The average molecular weight is 429 g/mol. The summed E-state index contributed by atoms with van der Waals surface area (Å²) in [6, 6.07) is 45.5. The van der Waals surface area contributed by atoms with Crippen molar-refractivity contribution in [1.82, 2.24) is 0 Å². The molecule has 1 unspecified atom stereocenters. The van der Waals surface area contributed by atoms with Gasteiger partial charge in [-0.25, -0.2) is 0 Å². The highest BCUT2D eigenvalue weighted by molar-refractivity contribution is 6.31. The van der Waals surface area contributed by atoms with Crippen LogP contribution in [0, 0.1) is 0 Å². The van der Waals surface area contributed by atoms with Gasteiger partial charge in [0.2, 0.25) is 0 Å². The van der Waals surface area contributed by atoms with E-state index in [1.165, 1.54) is 44.5 Å². The second-order valence-electron chi connectivity index (χ2n) is 8.29. The van der Waals surface area contributed by atoms with Crippen LogP contribution in [0.25, 0.3) is 22.3 Å². The van der Waals surface area contributed by atoms with E-state index in [9.17, 15) is 0 Å². The van der Waals surface area contributed by atoms with Crippen molar-refractivity contribution in [3.05, 3.63) is 155 Å². The molecule has 0 fully saturated rings. The zero-order valence-corrected chi connectivity index (χ0v) is 18.3. The predicted molar refractivity (Wildman–Crippen MR) is 134 cm³/mol. The molecule has 0 bridgehead atoms. The molecule has 0 saturated carbocycles. The summed E-state index contributed by atoms with van der Waals surface area (Å²) in [7, 11) is 0. The first-order valence-corrected chi connectivity index (χ1v) is 11.3. The maximum atomic E-state index is 6.46. The number of halogens is 1. The van der Waals surface area contributed by atoms with Crippen LogP contribution in [-0.2, 0) is 5.41 Å². The number of hydrogen-bond donors (Lipinski definition) is 0. The normalized spacial score (nSPS) is 16.4. The summed E-state index contributed by atoms with van der Waals surface area (Å²) in [4.78, 5) is 0. The molecular formula is C31H21Cl. The van der Waals surface area contributed by atoms with Crippen molar-refractivity contribution in [2.45, 2.75) is 5.41 Å². The Hall–Kier alpha value is -3.61. The van der Waals surface area contributed by atoms with Gasteiger partial charge in [-0.2, -0.15) is 0 Å². The standard InChI is InChI=1S/C31H21Cl/c32-26-19-20-30-28(21-26)27-13-7-8-14-29(27)31(30,24-11-5-2-6-12-24)25-17-15-23(16-18-25)22-9-3-1-4-10-22/h1-21H. The lowest BCUT2D eigenvalue weighted by atomic mass is 9.67. The van der Waals surface area contributed by atoms with Crippen LogP contribution in [0.4, 0.5) is 0 Å². The Labute approximate surface area is 193 Å². The van der Waals surface area contributed by atoms with Crippen molar-refractivity contribution in [3.63, 3.8) is 0 Å². The fraction of sp³-hybridized carbons (Fsp3) is 0.0323. The van der Waals surface area contributed by atoms with Crippen molar-refractivity contribution in [2.75, 3.05) is 0 Å². The van der Waals surface area contributed by atoms with E-state index < -0.39 is 0 Å². The van der Waals surface area contributed by atoms with E-state index in [1.54, 1.807) is 0 Å². The third-order valence-electron chi connectivity index (χ3n) is 6.64. The van der Waals surface area contributed by atoms with Gasteiger partial charge in [-0.05, 0) is 56.6 Å². The van der Waals surface area contributed by atoms with Gasteiger partial charge in [0.25, 0.3) is 0 Å². The van der Waals surface area contributed by atoms with Crippen LogP contribution in [0.5, 0.6) is 0 Å². The minimum Gasteiger partial charge on any atom is -0.0843 e. The zero-order valence-electron chi connectivity index (χ0n) is 17.5. The summed E-state index contributed by atoms with van der Waals surface area (Å²) >= 11 is 6.46. The van der Waals surface area contributed by atoms with E-state index in [2.05, 4.69) is 121 Å². The minimum absolute atomic E-state index is 0.382.